The summed E-state index contributed by atoms with van der Waals surface area (Å²) in [5.74, 6) is -3.21. The van der Waals surface area contributed by atoms with Crippen LogP contribution in [0.5, 0.6) is 17.2 Å². The molecule has 0 aliphatic carbocycles. The Morgan fingerprint density at radius 1 is 0.836 bits per heavy atom. The molecule has 1 aliphatic rings. The van der Waals surface area contributed by atoms with Crippen molar-refractivity contribution in [1.82, 2.24) is 5.32 Å². The number of phenols is 1. The smallest absolute Gasteiger partial charge is 0.339 e. The van der Waals surface area contributed by atoms with Gasteiger partial charge in [0, 0.05) is 6.42 Å². The third-order valence-corrected chi connectivity index (χ3v) is 9.98. The van der Waals surface area contributed by atoms with Crippen molar-refractivity contribution in [2.75, 3.05) is 5.01 Å². The van der Waals surface area contributed by atoms with Crippen molar-refractivity contribution in [3.05, 3.63) is 72.3 Å². The molecule has 4 rings (SSSR count). The number of unbranched alkanes of at least 4 members (excludes halogenated alkanes) is 14. The molecule has 1 aliphatic heterocycles. The van der Waals surface area contributed by atoms with Gasteiger partial charge < -0.3 is 20.3 Å². The van der Waals surface area contributed by atoms with Gasteiger partial charge in [-0.05, 0) is 55.0 Å². The van der Waals surface area contributed by atoms with Gasteiger partial charge in [0.05, 0.1) is 11.4 Å². The summed E-state index contributed by atoms with van der Waals surface area (Å²) in [5.41, 5.74) is -0.513. The zero-order chi connectivity index (χ0) is 39.6. The van der Waals surface area contributed by atoms with Crippen LogP contribution in [0.15, 0.2) is 87.0 Å². The van der Waals surface area contributed by atoms with Crippen LogP contribution in [0.2, 0.25) is 0 Å². The van der Waals surface area contributed by atoms with E-state index in [1.54, 1.807) is 30.3 Å². The second-order valence-electron chi connectivity index (χ2n) is 13.5. The first kappa shape index (κ1) is 42.6. The quantitative estimate of drug-likeness (QED) is 0.0410. The first-order valence-electron chi connectivity index (χ1n) is 19.0. The minimum Gasteiger partial charge on any atom is -0.507 e. The molecule has 55 heavy (non-hydrogen) atoms. The zero-order valence-electron chi connectivity index (χ0n) is 31.2. The molecule has 0 fully saturated rings. The lowest BCUT2D eigenvalue weighted by Gasteiger charge is -2.15. The summed E-state index contributed by atoms with van der Waals surface area (Å²) in [6.07, 6.45) is 17.9. The average Bonchev–Trinajstić information content (AvgIpc) is 3.46. The van der Waals surface area contributed by atoms with Gasteiger partial charge in [-0.15, -0.1) is 5.10 Å². The second-order valence-corrected chi connectivity index (χ2v) is 14.9. The molecule has 0 saturated heterocycles. The fraction of sp³-hybridized carbons (Fsp3) is 0.450. The van der Waals surface area contributed by atoms with E-state index in [0.717, 1.165) is 48.9 Å². The van der Waals surface area contributed by atoms with E-state index in [1.165, 1.54) is 82.4 Å². The summed E-state index contributed by atoms with van der Waals surface area (Å²) in [7, 11) is -4.85. The second kappa shape index (κ2) is 21.7. The number of anilines is 1. The Hall–Kier alpha value is -5.15. The minimum atomic E-state index is -4.85. The van der Waals surface area contributed by atoms with E-state index in [2.05, 4.69) is 27.6 Å². The van der Waals surface area contributed by atoms with E-state index in [0.29, 0.717) is 12.2 Å². The Kier molecular flexibility index (Phi) is 16.8. The Bertz CT molecular complexity index is 1920. The van der Waals surface area contributed by atoms with Gasteiger partial charge in [0.2, 0.25) is 11.9 Å². The van der Waals surface area contributed by atoms with Gasteiger partial charge in [-0.2, -0.15) is 23.7 Å². The van der Waals surface area contributed by atoms with Gasteiger partial charge >= 0.3 is 5.97 Å². The summed E-state index contributed by atoms with van der Waals surface area (Å²) >= 11 is 0. The number of carboxylic acid groups (broad SMARTS) is 1. The number of hydrogen-bond acceptors (Lipinski definition) is 10. The number of carbonyl (C=O) groups is 3. The SMILES string of the molecule is CCCCCCCCCCCCCCCCCC(=O)NC1=NN(c2ccc(Oc3ccccc3)c(S(=O)(=O)O)c2)C(=O)[C@@H]1N=Nc1ccc(O)c(C(=O)O)c1. The van der Waals surface area contributed by atoms with E-state index in [4.69, 9.17) is 4.74 Å². The maximum Gasteiger partial charge on any atom is 0.339 e. The lowest BCUT2D eigenvalue weighted by atomic mass is 10.0. The lowest BCUT2D eigenvalue weighted by molar-refractivity contribution is -0.119. The number of carboxylic acids is 1. The Morgan fingerprint density at radius 2 is 1.44 bits per heavy atom. The molecule has 2 amide bonds. The number of nitrogens with zero attached hydrogens (tertiary/aromatic N) is 4. The number of ether oxygens (including phenoxy) is 1. The van der Waals surface area contributed by atoms with Gasteiger partial charge in [-0.3, -0.25) is 14.1 Å². The third-order valence-electron chi connectivity index (χ3n) is 9.10. The molecule has 0 saturated carbocycles. The molecule has 1 heterocycles. The lowest BCUT2D eigenvalue weighted by Crippen LogP contribution is -2.39. The predicted molar refractivity (Wildman–Crippen MR) is 209 cm³/mol. The summed E-state index contributed by atoms with van der Waals surface area (Å²) in [5, 5.41) is 35.0. The van der Waals surface area contributed by atoms with E-state index in [-0.39, 0.29) is 29.4 Å². The number of hydrogen-bond donors (Lipinski definition) is 4. The molecule has 15 heteroatoms. The third kappa shape index (κ3) is 13.6. The van der Waals surface area contributed by atoms with Crippen LogP contribution in [-0.2, 0) is 19.7 Å². The van der Waals surface area contributed by atoms with Crippen molar-refractivity contribution in [2.24, 2.45) is 15.3 Å². The first-order valence-corrected chi connectivity index (χ1v) is 20.5. The molecule has 14 nitrogen and oxygen atoms in total. The summed E-state index contributed by atoms with van der Waals surface area (Å²) in [6, 6.07) is 13.9. The number of carbonyl (C=O) groups excluding carboxylic acids is 2. The van der Waals surface area contributed by atoms with E-state index in [1.807, 2.05) is 0 Å². The van der Waals surface area contributed by atoms with E-state index >= 15 is 0 Å². The summed E-state index contributed by atoms with van der Waals surface area (Å²) < 4.78 is 40.5. The van der Waals surface area contributed by atoms with Crippen LogP contribution in [0.25, 0.3) is 0 Å². The fourth-order valence-electron chi connectivity index (χ4n) is 6.10. The Labute approximate surface area is 322 Å². The van der Waals surface area contributed by atoms with Gasteiger partial charge in [-0.1, -0.05) is 115 Å². The molecule has 4 N–H and O–H groups in total. The van der Waals surface area contributed by atoms with Crippen LogP contribution in [0.4, 0.5) is 11.4 Å². The van der Waals surface area contributed by atoms with Crippen LogP contribution in [0.3, 0.4) is 0 Å². The highest BCUT2D eigenvalue weighted by Gasteiger charge is 2.39. The number of amides is 2. The molecule has 3 aromatic carbocycles. The molecule has 3 aromatic rings. The molecule has 296 valence electrons. The molecular formula is C40H51N5O9S. The van der Waals surface area contributed by atoms with Crippen LogP contribution >= 0.6 is 0 Å². The number of aromatic carboxylic acids is 1. The normalized spacial score (nSPS) is 14.4. The highest BCUT2D eigenvalue weighted by molar-refractivity contribution is 7.86. The molecular weight excluding hydrogens is 727 g/mol. The highest BCUT2D eigenvalue weighted by Crippen LogP contribution is 2.34. The summed E-state index contributed by atoms with van der Waals surface area (Å²) in [6.45, 7) is 2.23. The van der Waals surface area contributed by atoms with Crippen molar-refractivity contribution >= 4 is 45.1 Å². The standard InChI is InChI=1S/C40H51N5O9S/c1-2-3-4-5-6-7-8-9-10-11-12-13-14-15-19-22-36(47)41-38-37(43-42-29-23-25-33(46)32(27-29)40(49)50)39(48)45(44-38)30-24-26-34(35(28-30)55(51,52)53)54-31-20-17-16-18-21-31/h16-18,20-21,23-28,37,46H,2-15,19,22H2,1H3,(H,49,50)(H,41,44,47)(H,51,52,53)/t37-/m1/s1. The van der Waals surface area contributed by atoms with Crippen LogP contribution < -0.4 is 15.1 Å². The molecule has 0 aromatic heterocycles. The average molecular weight is 778 g/mol. The van der Waals surface area contributed by atoms with Crippen molar-refractivity contribution in [2.45, 2.75) is 121 Å². The highest BCUT2D eigenvalue weighted by atomic mass is 32.2. The number of nitrogens with one attached hydrogen (secondary N) is 1. The van der Waals surface area contributed by atoms with Gasteiger partial charge in [0.15, 0.2) is 5.84 Å². The van der Waals surface area contributed by atoms with Gasteiger partial charge in [0.1, 0.15) is 27.7 Å². The predicted octanol–water partition coefficient (Wildman–Crippen LogP) is 9.32. The molecule has 0 spiro atoms. The van der Waals surface area contributed by atoms with E-state index < -0.39 is 50.2 Å². The Balaban J connectivity index is 1.39. The van der Waals surface area contributed by atoms with Crippen molar-refractivity contribution in [3.8, 4) is 17.2 Å². The molecule has 0 radical (unpaired) electrons. The van der Waals surface area contributed by atoms with Crippen molar-refractivity contribution in [3.63, 3.8) is 0 Å². The maximum absolute atomic E-state index is 13.7. The fourth-order valence-corrected chi connectivity index (χ4v) is 6.73. The van der Waals surface area contributed by atoms with E-state index in [9.17, 15) is 37.6 Å². The summed E-state index contributed by atoms with van der Waals surface area (Å²) in [4.78, 5) is 37.6. The number of aromatic hydroxyl groups is 1. The first-order chi connectivity index (χ1) is 26.5. The minimum absolute atomic E-state index is 0.000931. The molecule has 0 unspecified atom stereocenters. The van der Waals surface area contributed by atoms with Gasteiger partial charge in [-0.25, -0.2) is 4.79 Å². The number of benzene rings is 3. The van der Waals surface area contributed by atoms with Crippen molar-refractivity contribution in [1.29, 1.82) is 0 Å². The zero-order valence-corrected chi connectivity index (χ0v) is 32.0. The number of amidine groups is 1. The molecule has 1 atom stereocenters. The van der Waals surface area contributed by atoms with Gasteiger partial charge in [0.25, 0.3) is 16.0 Å². The number of hydrazone groups is 1. The number of azo groups is 1. The van der Waals surface area contributed by atoms with Crippen LogP contribution in [0.1, 0.15) is 120 Å². The van der Waals surface area contributed by atoms with Crippen LogP contribution in [-0.4, -0.2) is 52.8 Å². The van der Waals surface area contributed by atoms with Crippen LogP contribution in [0, 0.1) is 0 Å². The Morgan fingerprint density at radius 3 is 2.02 bits per heavy atom. The topological polar surface area (TPSA) is 208 Å². The molecule has 0 bridgehead atoms. The maximum atomic E-state index is 13.7. The van der Waals surface area contributed by atoms with Crippen molar-refractivity contribution < 1.29 is 42.3 Å². The number of para-hydroxylation sites is 1. The monoisotopic (exact) mass is 777 g/mol. The number of rotatable bonds is 23. The largest absolute Gasteiger partial charge is 0.507 e.